The smallest absolute Gasteiger partial charge is 0.183 e. The second-order valence-electron chi connectivity index (χ2n) is 4.78. The lowest BCUT2D eigenvalue weighted by molar-refractivity contribution is 0.480. The molecule has 0 unspecified atom stereocenters. The summed E-state index contributed by atoms with van der Waals surface area (Å²) in [7, 11) is 0. The van der Waals surface area contributed by atoms with Gasteiger partial charge in [0.15, 0.2) is 5.13 Å². The summed E-state index contributed by atoms with van der Waals surface area (Å²) in [4.78, 5) is 8.79. The molecule has 4 nitrogen and oxygen atoms in total. The van der Waals surface area contributed by atoms with Crippen LogP contribution in [-0.4, -0.2) is 29.1 Å². The number of hydrogen-bond donors (Lipinski definition) is 2. The third-order valence-electron chi connectivity index (χ3n) is 3.20. The van der Waals surface area contributed by atoms with Crippen LogP contribution in [0.25, 0.3) is 0 Å². The number of hydrogen-bond acceptors (Lipinski definition) is 6. The predicted octanol–water partition coefficient (Wildman–Crippen LogP) is 2.99. The maximum Gasteiger partial charge on any atom is 0.183 e. The Kier molecular flexibility index (Phi) is 4.89. The van der Waals surface area contributed by atoms with Crippen LogP contribution in [0.5, 0.6) is 0 Å². The molecule has 2 N–H and O–H groups in total. The summed E-state index contributed by atoms with van der Waals surface area (Å²) in [5, 5.41) is 7.95. The molecule has 1 aliphatic heterocycles. The van der Waals surface area contributed by atoms with Gasteiger partial charge in [-0.3, -0.25) is 4.98 Å². The number of nitrogens with one attached hydrogen (secondary N) is 2. The molecular formula is C14H18N4S2. The maximum absolute atomic E-state index is 4.46. The first-order valence-corrected chi connectivity index (χ1v) is 8.66. The van der Waals surface area contributed by atoms with Gasteiger partial charge in [-0.2, -0.15) is 0 Å². The monoisotopic (exact) mass is 306 g/mol. The van der Waals surface area contributed by atoms with Gasteiger partial charge in [-0.15, -0.1) is 11.8 Å². The molecule has 0 amide bonds. The van der Waals surface area contributed by atoms with E-state index in [0.717, 1.165) is 29.7 Å². The highest BCUT2D eigenvalue weighted by Crippen LogP contribution is 2.30. The van der Waals surface area contributed by atoms with Crippen molar-refractivity contribution in [1.82, 2.24) is 15.3 Å². The maximum atomic E-state index is 4.46. The van der Waals surface area contributed by atoms with Gasteiger partial charge in [-0.25, -0.2) is 4.98 Å². The molecule has 1 saturated heterocycles. The molecule has 0 bridgehead atoms. The Bertz CT molecular complexity index is 523. The Labute approximate surface area is 127 Å². The van der Waals surface area contributed by atoms with Crippen molar-refractivity contribution >= 4 is 28.2 Å². The number of rotatable bonds is 5. The van der Waals surface area contributed by atoms with E-state index in [9.17, 15) is 0 Å². The van der Waals surface area contributed by atoms with E-state index in [2.05, 4.69) is 26.7 Å². The molecule has 2 aromatic heterocycles. The van der Waals surface area contributed by atoms with Gasteiger partial charge in [-0.1, -0.05) is 17.4 Å². The second kappa shape index (κ2) is 7.06. The van der Waals surface area contributed by atoms with E-state index in [1.165, 1.54) is 17.1 Å². The normalized spacial score (nSPS) is 18.9. The molecule has 3 heterocycles. The largest absolute Gasteiger partial charge is 0.357 e. The Morgan fingerprint density at radius 3 is 3.20 bits per heavy atom. The van der Waals surface area contributed by atoms with E-state index in [4.69, 9.17) is 0 Å². The molecule has 0 aliphatic carbocycles. The molecule has 0 spiro atoms. The standard InChI is InChI=1S/C14H18N4S2/c1-2-7-16-12(4-1)10-19-13-9-17-14(20-13)18-11-5-3-6-15-8-11/h1-2,4,7,9,11,15H,3,5-6,8,10H2,(H,17,18)/t11-/m1/s1. The van der Waals surface area contributed by atoms with Crippen LogP contribution in [0.3, 0.4) is 0 Å². The lowest BCUT2D eigenvalue weighted by atomic mass is 10.1. The van der Waals surface area contributed by atoms with E-state index >= 15 is 0 Å². The van der Waals surface area contributed by atoms with Crippen molar-refractivity contribution in [3.05, 3.63) is 36.3 Å². The summed E-state index contributed by atoms with van der Waals surface area (Å²) >= 11 is 3.53. The zero-order chi connectivity index (χ0) is 13.6. The zero-order valence-electron chi connectivity index (χ0n) is 11.2. The number of anilines is 1. The van der Waals surface area contributed by atoms with Crippen LogP contribution in [0.2, 0.25) is 0 Å². The average molecular weight is 306 g/mol. The van der Waals surface area contributed by atoms with E-state index < -0.39 is 0 Å². The fourth-order valence-corrected chi connectivity index (χ4v) is 4.04. The van der Waals surface area contributed by atoms with Gasteiger partial charge >= 0.3 is 0 Å². The quantitative estimate of drug-likeness (QED) is 0.832. The highest BCUT2D eigenvalue weighted by molar-refractivity contribution is 8.00. The Morgan fingerprint density at radius 2 is 2.40 bits per heavy atom. The van der Waals surface area contributed by atoms with Gasteiger partial charge in [0.1, 0.15) is 0 Å². The number of thioether (sulfide) groups is 1. The van der Waals surface area contributed by atoms with Crippen LogP contribution in [-0.2, 0) is 5.75 Å². The fraction of sp³-hybridized carbons (Fsp3) is 0.429. The summed E-state index contributed by atoms with van der Waals surface area (Å²) < 4.78 is 1.24. The third-order valence-corrected chi connectivity index (χ3v) is 5.35. The lowest BCUT2D eigenvalue weighted by Gasteiger charge is -2.23. The van der Waals surface area contributed by atoms with E-state index in [1.54, 1.807) is 23.1 Å². The molecule has 2 aromatic rings. The first-order valence-electron chi connectivity index (χ1n) is 6.86. The van der Waals surface area contributed by atoms with E-state index in [1.807, 2.05) is 24.5 Å². The van der Waals surface area contributed by atoms with Crippen LogP contribution in [0, 0.1) is 0 Å². The molecule has 106 valence electrons. The topological polar surface area (TPSA) is 49.8 Å². The Hall–Kier alpha value is -1.11. The minimum absolute atomic E-state index is 0.517. The number of nitrogens with zero attached hydrogens (tertiary/aromatic N) is 2. The van der Waals surface area contributed by atoms with Crippen LogP contribution in [0.15, 0.2) is 34.8 Å². The van der Waals surface area contributed by atoms with Crippen molar-refractivity contribution in [3.8, 4) is 0 Å². The summed E-state index contributed by atoms with van der Waals surface area (Å²) in [5.41, 5.74) is 1.11. The number of thiazole rings is 1. The SMILES string of the molecule is c1ccc(CSc2cnc(N[C@@H]3CCCNC3)s2)nc1. The van der Waals surface area contributed by atoms with Gasteiger partial charge in [0.2, 0.25) is 0 Å². The molecule has 6 heteroatoms. The van der Waals surface area contributed by atoms with Gasteiger partial charge in [0.05, 0.1) is 16.1 Å². The van der Waals surface area contributed by atoms with Crippen LogP contribution >= 0.6 is 23.1 Å². The van der Waals surface area contributed by atoms with E-state index in [0.29, 0.717) is 6.04 Å². The number of pyridine rings is 1. The fourth-order valence-electron chi connectivity index (χ4n) is 2.17. The van der Waals surface area contributed by atoms with Gasteiger partial charge < -0.3 is 10.6 Å². The van der Waals surface area contributed by atoms with Crippen molar-refractivity contribution in [2.24, 2.45) is 0 Å². The summed E-state index contributed by atoms with van der Waals surface area (Å²) in [5.74, 6) is 0.896. The molecule has 1 atom stereocenters. The van der Waals surface area contributed by atoms with Crippen molar-refractivity contribution in [1.29, 1.82) is 0 Å². The molecule has 3 rings (SSSR count). The van der Waals surface area contributed by atoms with Crippen molar-refractivity contribution in [2.75, 3.05) is 18.4 Å². The molecule has 20 heavy (non-hydrogen) atoms. The van der Waals surface area contributed by atoms with Gasteiger partial charge in [0, 0.05) is 24.5 Å². The minimum Gasteiger partial charge on any atom is -0.357 e. The summed E-state index contributed by atoms with van der Waals surface area (Å²) in [6, 6.07) is 6.55. The van der Waals surface area contributed by atoms with Crippen LogP contribution in [0.1, 0.15) is 18.5 Å². The molecule has 0 radical (unpaired) electrons. The summed E-state index contributed by atoms with van der Waals surface area (Å²) in [6.07, 6.45) is 6.26. The van der Waals surface area contributed by atoms with Gasteiger partial charge in [-0.05, 0) is 31.5 Å². The molecular weight excluding hydrogens is 288 g/mol. The Balaban J connectivity index is 1.51. The highest BCUT2D eigenvalue weighted by Gasteiger charge is 2.14. The minimum atomic E-state index is 0.517. The van der Waals surface area contributed by atoms with E-state index in [-0.39, 0.29) is 0 Å². The first kappa shape index (κ1) is 13.9. The van der Waals surface area contributed by atoms with Crippen molar-refractivity contribution in [3.63, 3.8) is 0 Å². The average Bonchev–Trinajstić information content (AvgIpc) is 2.95. The summed E-state index contributed by atoms with van der Waals surface area (Å²) in [6.45, 7) is 2.18. The number of piperidine rings is 1. The first-order chi connectivity index (χ1) is 9.90. The molecule has 1 aliphatic rings. The highest BCUT2D eigenvalue weighted by atomic mass is 32.2. The van der Waals surface area contributed by atoms with Gasteiger partial charge in [0.25, 0.3) is 0 Å². The Morgan fingerprint density at radius 1 is 1.40 bits per heavy atom. The number of aromatic nitrogens is 2. The lowest BCUT2D eigenvalue weighted by Crippen LogP contribution is -2.38. The zero-order valence-corrected chi connectivity index (χ0v) is 12.8. The van der Waals surface area contributed by atoms with Crippen molar-refractivity contribution < 1.29 is 0 Å². The van der Waals surface area contributed by atoms with Crippen LogP contribution in [0.4, 0.5) is 5.13 Å². The van der Waals surface area contributed by atoms with Crippen molar-refractivity contribution in [2.45, 2.75) is 28.8 Å². The second-order valence-corrected chi connectivity index (χ2v) is 7.09. The molecule has 0 saturated carbocycles. The molecule has 0 aromatic carbocycles. The van der Waals surface area contributed by atoms with Crippen LogP contribution < -0.4 is 10.6 Å². The third kappa shape index (κ3) is 3.94. The molecule has 1 fully saturated rings. The predicted molar refractivity (Wildman–Crippen MR) is 85.4 cm³/mol.